The summed E-state index contributed by atoms with van der Waals surface area (Å²) in [4.78, 5) is 0. The van der Waals surface area contributed by atoms with Gasteiger partial charge in [-0.15, -0.1) is 0 Å². The lowest BCUT2D eigenvalue weighted by atomic mass is 9.81. The summed E-state index contributed by atoms with van der Waals surface area (Å²) in [5.74, 6) is 0. The van der Waals surface area contributed by atoms with Gasteiger partial charge in [-0.05, 0) is 35.1 Å². The smallest absolute Gasteiger partial charge is 0.0846 e. The first-order valence-corrected chi connectivity index (χ1v) is 9.68. The minimum Gasteiger partial charge on any atom is -0.0846 e. The zero-order valence-electron chi connectivity index (χ0n) is 16.3. The standard InChI is InChI=1S/C25H24N2/c1-17(2)26-16-27(22-14-8-7-13-21(22)26)23-15-9-11-19-18-10-5-6-12-20(18)25(3,4)24(19)23/h5-15,17H,1-4H3/q+2. The molecule has 0 N–H and O–H groups in total. The van der Waals surface area contributed by atoms with Crippen molar-refractivity contribution < 1.29 is 4.58 Å². The molecule has 0 unspecified atom stereocenters. The average molecular weight is 352 g/mol. The predicted octanol–water partition coefficient (Wildman–Crippen LogP) is 6.07. The number of fused-ring (bicyclic) bond motifs is 4. The number of nitrogens with zero attached hydrogens (tertiary/aromatic N) is 2. The minimum atomic E-state index is -0.0373. The first-order chi connectivity index (χ1) is 13.0. The van der Waals surface area contributed by atoms with Gasteiger partial charge in [-0.2, -0.15) is 0 Å². The van der Waals surface area contributed by atoms with Crippen LogP contribution in [-0.2, 0) is 5.41 Å². The number of rotatable bonds is 2. The van der Waals surface area contributed by atoms with Crippen LogP contribution in [0.2, 0.25) is 0 Å². The van der Waals surface area contributed by atoms with Crippen LogP contribution in [0.3, 0.4) is 0 Å². The zero-order chi connectivity index (χ0) is 18.8. The van der Waals surface area contributed by atoms with Crippen LogP contribution in [0.4, 0.5) is 17.1 Å². The molecule has 2 nitrogen and oxygen atoms in total. The molecule has 5 rings (SSSR count). The van der Waals surface area contributed by atoms with Gasteiger partial charge in [-0.3, -0.25) is 0 Å². The average Bonchev–Trinajstić information content (AvgIpc) is 3.17. The van der Waals surface area contributed by atoms with Gasteiger partial charge in [0, 0.05) is 29.2 Å². The van der Waals surface area contributed by atoms with Gasteiger partial charge in [-0.25, -0.2) is 0 Å². The maximum atomic E-state index is 3.63. The molecule has 2 aliphatic rings. The van der Waals surface area contributed by atoms with Crippen molar-refractivity contribution >= 4 is 23.1 Å². The second kappa shape index (κ2) is 5.52. The molecule has 3 aromatic rings. The Kier molecular flexibility index (Phi) is 3.32. The fraction of sp³-hybridized carbons (Fsp3) is 0.240. The van der Waals surface area contributed by atoms with Gasteiger partial charge < -0.3 is 0 Å². The Morgan fingerprint density at radius 3 is 2.15 bits per heavy atom. The van der Waals surface area contributed by atoms with Crippen LogP contribution < -0.4 is 4.58 Å². The minimum absolute atomic E-state index is 0.0373. The monoisotopic (exact) mass is 352 g/mol. The number of benzene rings is 3. The van der Waals surface area contributed by atoms with Crippen molar-refractivity contribution in [3.8, 4) is 11.1 Å². The molecule has 3 aromatic carbocycles. The molecule has 2 heteroatoms. The lowest BCUT2D eigenvalue weighted by Crippen LogP contribution is -2.18. The van der Waals surface area contributed by atoms with E-state index in [9.17, 15) is 0 Å². The fourth-order valence-corrected chi connectivity index (χ4v) is 4.66. The molecule has 0 atom stereocenters. The van der Waals surface area contributed by atoms with E-state index < -0.39 is 0 Å². The molecule has 1 heterocycles. The van der Waals surface area contributed by atoms with Gasteiger partial charge in [0.2, 0.25) is 5.69 Å². The molecule has 0 saturated heterocycles. The molecular formula is C25H24N2+2. The highest BCUT2D eigenvalue weighted by Crippen LogP contribution is 2.52. The Morgan fingerprint density at radius 2 is 1.37 bits per heavy atom. The highest BCUT2D eigenvalue weighted by molar-refractivity contribution is 5.87. The van der Waals surface area contributed by atoms with Crippen LogP contribution in [-0.4, -0.2) is 16.6 Å². The summed E-state index contributed by atoms with van der Waals surface area (Å²) in [6.07, 6.45) is 0. The Bertz CT molecular complexity index is 1160. The van der Waals surface area contributed by atoms with Crippen LogP contribution in [0, 0.1) is 0 Å². The first kappa shape index (κ1) is 16.2. The molecule has 132 valence electrons. The summed E-state index contributed by atoms with van der Waals surface area (Å²) in [5.41, 5.74) is 9.10. The van der Waals surface area contributed by atoms with Crippen LogP contribution in [0.15, 0.2) is 66.7 Å². The number of hydrogen-bond acceptors (Lipinski definition) is 0. The van der Waals surface area contributed by atoms with Gasteiger partial charge in [0.25, 0.3) is 11.4 Å². The molecule has 0 spiro atoms. The summed E-state index contributed by atoms with van der Waals surface area (Å²) in [5, 5.41) is 0. The second-order valence-electron chi connectivity index (χ2n) is 8.26. The zero-order valence-corrected chi connectivity index (χ0v) is 16.3. The van der Waals surface area contributed by atoms with E-state index in [0.717, 1.165) is 0 Å². The van der Waals surface area contributed by atoms with Crippen molar-refractivity contribution in [1.82, 2.24) is 4.58 Å². The normalized spacial score (nSPS) is 15.9. The quantitative estimate of drug-likeness (QED) is 0.494. The van der Waals surface area contributed by atoms with E-state index in [2.05, 4.69) is 110 Å². The van der Waals surface area contributed by atoms with Gasteiger partial charge >= 0.3 is 6.01 Å². The van der Waals surface area contributed by atoms with E-state index in [0.29, 0.717) is 6.04 Å². The third kappa shape index (κ3) is 2.14. The number of hydrogen-bond donors (Lipinski definition) is 0. The predicted molar refractivity (Wildman–Crippen MR) is 112 cm³/mol. The maximum absolute atomic E-state index is 3.63. The molecule has 0 radical (unpaired) electrons. The van der Waals surface area contributed by atoms with Crippen molar-refractivity contribution in [2.24, 2.45) is 0 Å². The van der Waals surface area contributed by atoms with E-state index in [-0.39, 0.29) is 5.41 Å². The highest BCUT2D eigenvalue weighted by Gasteiger charge is 2.44. The van der Waals surface area contributed by atoms with Crippen LogP contribution in [0.25, 0.3) is 11.1 Å². The van der Waals surface area contributed by atoms with Crippen molar-refractivity contribution in [3.05, 3.63) is 77.9 Å². The van der Waals surface area contributed by atoms with Gasteiger partial charge in [0.1, 0.15) is 0 Å². The van der Waals surface area contributed by atoms with E-state index in [1.165, 1.54) is 39.3 Å². The topological polar surface area (TPSA) is 6.02 Å². The molecule has 0 amide bonds. The van der Waals surface area contributed by atoms with Gasteiger partial charge in [0.15, 0.2) is 6.04 Å². The summed E-state index contributed by atoms with van der Waals surface area (Å²) in [7, 11) is 0. The second-order valence-corrected chi connectivity index (χ2v) is 8.26. The van der Waals surface area contributed by atoms with Crippen LogP contribution >= 0.6 is 0 Å². The largest absolute Gasteiger partial charge is 0.496 e. The SMILES string of the molecule is CC(C)[N+]1=C=[N+](c2cccc3c2C(C)(C)c2ccccc2-3)c2ccccc21. The summed E-state index contributed by atoms with van der Waals surface area (Å²) in [6.45, 7) is 9.09. The Balaban J connectivity index is 1.83. The maximum Gasteiger partial charge on any atom is 0.496 e. The molecule has 0 fully saturated rings. The van der Waals surface area contributed by atoms with Crippen molar-refractivity contribution in [2.75, 3.05) is 0 Å². The fourth-order valence-electron chi connectivity index (χ4n) is 4.66. The lowest BCUT2D eigenvalue weighted by Gasteiger charge is -2.21. The number of para-hydroxylation sites is 2. The molecule has 1 aliphatic heterocycles. The van der Waals surface area contributed by atoms with E-state index in [1.54, 1.807) is 0 Å². The van der Waals surface area contributed by atoms with Crippen molar-refractivity contribution in [1.29, 1.82) is 0 Å². The molecule has 27 heavy (non-hydrogen) atoms. The summed E-state index contributed by atoms with van der Waals surface area (Å²) < 4.78 is 4.49. The van der Waals surface area contributed by atoms with Crippen molar-refractivity contribution in [3.63, 3.8) is 0 Å². The first-order valence-electron chi connectivity index (χ1n) is 9.68. The Labute approximate surface area is 160 Å². The van der Waals surface area contributed by atoms with Gasteiger partial charge in [-0.1, -0.05) is 67.0 Å². The summed E-state index contributed by atoms with van der Waals surface area (Å²) in [6, 6.07) is 28.1. The third-order valence-electron chi connectivity index (χ3n) is 5.91. The molecule has 0 aromatic heterocycles. The van der Waals surface area contributed by atoms with Crippen LogP contribution in [0.1, 0.15) is 38.8 Å². The van der Waals surface area contributed by atoms with E-state index in [4.69, 9.17) is 0 Å². The highest BCUT2D eigenvalue weighted by atomic mass is 15.2. The molecular weight excluding hydrogens is 328 g/mol. The third-order valence-corrected chi connectivity index (χ3v) is 5.91. The lowest BCUT2D eigenvalue weighted by molar-refractivity contribution is -0.466. The molecule has 0 bridgehead atoms. The van der Waals surface area contributed by atoms with E-state index in [1.807, 2.05) is 0 Å². The Morgan fingerprint density at radius 1 is 0.741 bits per heavy atom. The Hall–Kier alpha value is -2.96. The van der Waals surface area contributed by atoms with Gasteiger partial charge in [0.05, 0.1) is 0 Å². The van der Waals surface area contributed by atoms with E-state index >= 15 is 0 Å². The molecule has 1 aliphatic carbocycles. The van der Waals surface area contributed by atoms with Crippen molar-refractivity contribution in [2.45, 2.75) is 39.2 Å². The van der Waals surface area contributed by atoms with Crippen LogP contribution in [0.5, 0.6) is 0 Å². The molecule has 0 saturated carbocycles. The summed E-state index contributed by atoms with van der Waals surface area (Å²) >= 11 is 0.